The van der Waals surface area contributed by atoms with Crippen LogP contribution in [0.25, 0.3) is 11.4 Å². The second-order valence-electron chi connectivity index (χ2n) is 3.43. The Morgan fingerprint density at radius 1 is 1.47 bits per heavy atom. The number of aromatic nitrogens is 4. The maximum absolute atomic E-state index is 10.8. The van der Waals surface area contributed by atoms with Gasteiger partial charge >= 0.3 is 5.97 Å². The zero-order valence-electron chi connectivity index (χ0n) is 8.91. The van der Waals surface area contributed by atoms with Crippen molar-refractivity contribution in [1.29, 1.82) is 0 Å². The lowest BCUT2D eigenvalue weighted by molar-refractivity contribution is -0.141. The van der Waals surface area contributed by atoms with Crippen molar-refractivity contribution in [1.82, 2.24) is 20.2 Å². The van der Waals surface area contributed by atoms with Gasteiger partial charge in [-0.2, -0.15) is 0 Å². The minimum Gasteiger partial charge on any atom is -0.480 e. The first-order valence-corrected chi connectivity index (χ1v) is 5.24. The molecule has 0 amide bonds. The molecular formula is C10H9ClN4O2. The summed E-state index contributed by atoms with van der Waals surface area (Å²) in [6.45, 7) is 1.47. The van der Waals surface area contributed by atoms with Crippen LogP contribution in [0.2, 0.25) is 5.02 Å². The zero-order chi connectivity index (χ0) is 12.4. The Morgan fingerprint density at radius 2 is 2.18 bits per heavy atom. The molecule has 1 atom stereocenters. The van der Waals surface area contributed by atoms with E-state index < -0.39 is 12.0 Å². The fourth-order valence-electron chi connectivity index (χ4n) is 1.24. The van der Waals surface area contributed by atoms with Crippen LogP contribution in [-0.4, -0.2) is 31.3 Å². The Balaban J connectivity index is 2.37. The minimum absolute atomic E-state index is 0.309. The van der Waals surface area contributed by atoms with Crippen LogP contribution in [0.3, 0.4) is 0 Å². The van der Waals surface area contributed by atoms with Crippen LogP contribution in [0.15, 0.2) is 24.3 Å². The molecule has 0 saturated heterocycles. The van der Waals surface area contributed by atoms with Crippen LogP contribution in [0, 0.1) is 0 Å². The number of tetrazole rings is 1. The summed E-state index contributed by atoms with van der Waals surface area (Å²) in [5, 5.41) is 20.8. The van der Waals surface area contributed by atoms with E-state index in [0.29, 0.717) is 16.4 Å². The van der Waals surface area contributed by atoms with E-state index in [1.807, 2.05) is 0 Å². The molecule has 6 nitrogen and oxygen atoms in total. The molecule has 1 aromatic carbocycles. The average Bonchev–Trinajstić information content (AvgIpc) is 2.77. The largest absolute Gasteiger partial charge is 0.480 e. The number of hydrogen-bond donors (Lipinski definition) is 1. The van der Waals surface area contributed by atoms with E-state index in [1.165, 1.54) is 6.92 Å². The molecule has 88 valence electrons. The van der Waals surface area contributed by atoms with Gasteiger partial charge in [-0.1, -0.05) is 23.7 Å². The van der Waals surface area contributed by atoms with Gasteiger partial charge in [0, 0.05) is 5.56 Å². The maximum atomic E-state index is 10.8. The second kappa shape index (κ2) is 4.50. The van der Waals surface area contributed by atoms with Gasteiger partial charge in [-0.15, -0.1) is 15.0 Å². The van der Waals surface area contributed by atoms with Gasteiger partial charge in [0.25, 0.3) is 0 Å². The van der Waals surface area contributed by atoms with Gasteiger partial charge in [-0.25, -0.2) is 4.79 Å². The van der Waals surface area contributed by atoms with Gasteiger partial charge in [-0.3, -0.25) is 0 Å². The molecule has 0 radical (unpaired) electrons. The van der Waals surface area contributed by atoms with Gasteiger partial charge in [0.05, 0.1) is 5.02 Å². The Bertz CT molecular complexity index is 555. The highest BCUT2D eigenvalue weighted by Gasteiger charge is 2.18. The highest BCUT2D eigenvalue weighted by Crippen LogP contribution is 2.23. The number of benzene rings is 1. The third-order valence-corrected chi connectivity index (χ3v) is 2.58. The molecular weight excluding hydrogens is 244 g/mol. The van der Waals surface area contributed by atoms with Crippen LogP contribution >= 0.6 is 11.6 Å². The third kappa shape index (κ3) is 2.26. The monoisotopic (exact) mass is 252 g/mol. The quantitative estimate of drug-likeness (QED) is 0.898. The van der Waals surface area contributed by atoms with Crippen molar-refractivity contribution in [3.63, 3.8) is 0 Å². The molecule has 1 heterocycles. The summed E-state index contributed by atoms with van der Waals surface area (Å²) in [6, 6.07) is 6.17. The fraction of sp³-hybridized carbons (Fsp3) is 0.200. The molecule has 0 aliphatic heterocycles. The normalized spacial score (nSPS) is 12.4. The van der Waals surface area contributed by atoms with Crippen molar-refractivity contribution in [2.75, 3.05) is 0 Å². The Kier molecular flexibility index (Phi) is 3.06. The van der Waals surface area contributed by atoms with Crippen molar-refractivity contribution < 1.29 is 9.90 Å². The Labute approximate surface area is 102 Å². The predicted molar refractivity (Wildman–Crippen MR) is 60.6 cm³/mol. The Morgan fingerprint density at radius 3 is 2.82 bits per heavy atom. The van der Waals surface area contributed by atoms with Crippen LogP contribution in [0.5, 0.6) is 0 Å². The highest BCUT2D eigenvalue weighted by atomic mass is 35.5. The number of aliphatic carboxylic acids is 1. The van der Waals surface area contributed by atoms with Crippen LogP contribution in [-0.2, 0) is 4.79 Å². The summed E-state index contributed by atoms with van der Waals surface area (Å²) in [6.07, 6.45) is 0. The Hall–Kier alpha value is -1.95. The van der Waals surface area contributed by atoms with Crippen molar-refractivity contribution in [2.24, 2.45) is 0 Å². The molecule has 7 heteroatoms. The molecule has 1 aromatic heterocycles. The molecule has 0 aliphatic carbocycles. The molecule has 2 aromatic rings. The van der Waals surface area contributed by atoms with Crippen molar-refractivity contribution >= 4 is 17.6 Å². The number of carboxylic acids is 1. The molecule has 0 aliphatic rings. The van der Waals surface area contributed by atoms with Gasteiger partial charge in [0.2, 0.25) is 5.82 Å². The van der Waals surface area contributed by atoms with E-state index >= 15 is 0 Å². The van der Waals surface area contributed by atoms with Crippen LogP contribution in [0.1, 0.15) is 13.0 Å². The zero-order valence-corrected chi connectivity index (χ0v) is 9.66. The molecule has 0 bridgehead atoms. The van der Waals surface area contributed by atoms with Crippen molar-refractivity contribution in [3.8, 4) is 11.4 Å². The van der Waals surface area contributed by atoms with Gasteiger partial charge in [-0.05, 0) is 24.3 Å². The summed E-state index contributed by atoms with van der Waals surface area (Å²) in [5.41, 5.74) is 0.623. The highest BCUT2D eigenvalue weighted by molar-refractivity contribution is 6.33. The smallest absolute Gasteiger partial charge is 0.330 e. The van der Waals surface area contributed by atoms with Crippen LogP contribution in [0.4, 0.5) is 0 Å². The lowest BCUT2D eigenvalue weighted by atomic mass is 10.2. The number of hydrogen-bond acceptors (Lipinski definition) is 4. The predicted octanol–water partition coefficient (Wildman–Crippen LogP) is 1.64. The van der Waals surface area contributed by atoms with Crippen molar-refractivity contribution in [3.05, 3.63) is 29.3 Å². The summed E-state index contributed by atoms with van der Waals surface area (Å²) in [7, 11) is 0. The van der Waals surface area contributed by atoms with Gasteiger partial charge < -0.3 is 5.11 Å². The minimum atomic E-state index is -1.02. The van der Waals surface area contributed by atoms with E-state index in [4.69, 9.17) is 16.7 Å². The third-order valence-electron chi connectivity index (χ3n) is 2.25. The van der Waals surface area contributed by atoms with Gasteiger partial charge in [0.15, 0.2) is 6.04 Å². The number of carboxylic acid groups (broad SMARTS) is 1. The van der Waals surface area contributed by atoms with E-state index in [-0.39, 0.29) is 0 Å². The topological polar surface area (TPSA) is 80.9 Å². The van der Waals surface area contributed by atoms with Gasteiger partial charge in [0.1, 0.15) is 0 Å². The SMILES string of the molecule is CC(C(=O)O)n1nnc(-c2ccccc2Cl)n1. The molecule has 2 rings (SSSR count). The number of halogens is 1. The summed E-state index contributed by atoms with van der Waals surface area (Å²) < 4.78 is 0. The second-order valence-corrected chi connectivity index (χ2v) is 3.83. The first-order valence-electron chi connectivity index (χ1n) is 4.87. The summed E-state index contributed by atoms with van der Waals surface area (Å²) in [5.74, 6) is -0.711. The molecule has 17 heavy (non-hydrogen) atoms. The number of nitrogens with zero attached hydrogens (tertiary/aromatic N) is 4. The molecule has 0 saturated carbocycles. The average molecular weight is 253 g/mol. The van der Waals surface area contributed by atoms with Crippen molar-refractivity contribution in [2.45, 2.75) is 13.0 Å². The standard InChI is InChI=1S/C10H9ClN4O2/c1-6(10(16)17)15-13-9(12-14-15)7-4-2-3-5-8(7)11/h2-6H,1H3,(H,16,17). The molecule has 1 N–H and O–H groups in total. The summed E-state index contributed by atoms with van der Waals surface area (Å²) >= 11 is 5.98. The first kappa shape index (κ1) is 11.5. The van der Waals surface area contributed by atoms with E-state index in [0.717, 1.165) is 4.80 Å². The van der Waals surface area contributed by atoms with Crippen LogP contribution < -0.4 is 0 Å². The van der Waals surface area contributed by atoms with E-state index in [2.05, 4.69) is 15.4 Å². The fourth-order valence-corrected chi connectivity index (χ4v) is 1.46. The van der Waals surface area contributed by atoms with E-state index in [1.54, 1.807) is 24.3 Å². The molecule has 1 unspecified atom stereocenters. The number of rotatable bonds is 3. The maximum Gasteiger partial charge on any atom is 0.330 e. The first-order chi connectivity index (χ1) is 8.09. The number of carbonyl (C=O) groups is 1. The van der Waals surface area contributed by atoms with E-state index in [9.17, 15) is 4.79 Å². The molecule has 0 spiro atoms. The molecule has 0 fully saturated rings. The lowest BCUT2D eigenvalue weighted by Crippen LogP contribution is -2.18. The summed E-state index contributed by atoms with van der Waals surface area (Å²) in [4.78, 5) is 11.8. The lowest BCUT2D eigenvalue weighted by Gasteiger charge is -2.02.